The van der Waals surface area contributed by atoms with Gasteiger partial charge in [-0.1, -0.05) is 56.3 Å². The molecule has 1 saturated heterocycles. The Morgan fingerprint density at radius 2 is 1.72 bits per heavy atom. The van der Waals surface area contributed by atoms with Crippen molar-refractivity contribution in [3.8, 4) is 0 Å². The van der Waals surface area contributed by atoms with Crippen LogP contribution in [0.2, 0.25) is 0 Å². The van der Waals surface area contributed by atoms with Crippen molar-refractivity contribution in [3.05, 3.63) is 65.7 Å². The Morgan fingerprint density at radius 3 is 2.44 bits per heavy atom. The van der Waals surface area contributed by atoms with Crippen LogP contribution in [0, 0.1) is 5.92 Å². The van der Waals surface area contributed by atoms with Gasteiger partial charge in [-0.3, -0.25) is 9.59 Å². The highest BCUT2D eigenvalue weighted by molar-refractivity contribution is 6.04. The minimum absolute atomic E-state index is 0.0157. The predicted octanol–water partition coefficient (Wildman–Crippen LogP) is 3.91. The lowest BCUT2D eigenvalue weighted by molar-refractivity contribution is -0.118. The molecule has 1 aliphatic heterocycles. The highest BCUT2D eigenvalue weighted by atomic mass is 16.2. The summed E-state index contributed by atoms with van der Waals surface area (Å²) in [5.74, 6) is 0.155. The lowest BCUT2D eigenvalue weighted by Gasteiger charge is -2.19. The van der Waals surface area contributed by atoms with Crippen LogP contribution in [0.25, 0.3) is 0 Å². The molecule has 0 bridgehead atoms. The van der Waals surface area contributed by atoms with Gasteiger partial charge in [0.25, 0.3) is 5.91 Å². The normalized spacial score (nSPS) is 16.9. The highest BCUT2D eigenvalue weighted by Crippen LogP contribution is 2.29. The lowest BCUT2D eigenvalue weighted by Crippen LogP contribution is -2.30. The minimum Gasteiger partial charge on any atom is -0.338 e. The molecule has 1 atom stereocenters. The maximum absolute atomic E-state index is 13.0. The van der Waals surface area contributed by atoms with Crippen LogP contribution in [0.3, 0.4) is 0 Å². The number of hydrogen-bond acceptors (Lipinski definition) is 2. The van der Waals surface area contributed by atoms with E-state index in [1.54, 1.807) is 12.1 Å². The molecule has 0 radical (unpaired) electrons. The maximum Gasteiger partial charge on any atom is 0.255 e. The molecule has 3 rings (SSSR count). The van der Waals surface area contributed by atoms with E-state index in [1.807, 2.05) is 49.1 Å². The van der Waals surface area contributed by atoms with Crippen LogP contribution in [0.15, 0.2) is 54.6 Å². The number of carbonyl (C=O) groups excluding carboxylic acids is 2. The second-order valence-corrected chi connectivity index (χ2v) is 6.84. The second-order valence-electron chi connectivity index (χ2n) is 6.84. The number of anilines is 1. The first-order valence-electron chi connectivity index (χ1n) is 8.80. The molecule has 1 fully saturated rings. The third-order valence-electron chi connectivity index (χ3n) is 4.69. The molecule has 2 amide bonds. The van der Waals surface area contributed by atoms with Crippen LogP contribution in [0.1, 0.15) is 42.1 Å². The van der Waals surface area contributed by atoms with Crippen LogP contribution >= 0.6 is 0 Å². The Bertz CT molecular complexity index is 756. The van der Waals surface area contributed by atoms with E-state index in [-0.39, 0.29) is 17.7 Å². The van der Waals surface area contributed by atoms with Gasteiger partial charge in [0.15, 0.2) is 0 Å². The Kier molecular flexibility index (Phi) is 5.17. The van der Waals surface area contributed by atoms with Crippen LogP contribution in [-0.2, 0) is 4.79 Å². The SMILES string of the molecule is CC(C)C(=O)Nc1ccccc1C(=O)N1CCC(c2ccccc2)C1. The van der Waals surface area contributed by atoms with Gasteiger partial charge in [0.1, 0.15) is 0 Å². The average molecular weight is 336 g/mol. The smallest absolute Gasteiger partial charge is 0.255 e. The summed E-state index contributed by atoms with van der Waals surface area (Å²) in [7, 11) is 0. The lowest BCUT2D eigenvalue weighted by atomic mass is 9.99. The fourth-order valence-electron chi connectivity index (χ4n) is 3.17. The quantitative estimate of drug-likeness (QED) is 0.920. The van der Waals surface area contributed by atoms with Gasteiger partial charge in [-0.15, -0.1) is 0 Å². The molecule has 2 aromatic carbocycles. The first kappa shape index (κ1) is 17.2. The third kappa shape index (κ3) is 3.90. The number of nitrogens with one attached hydrogen (secondary N) is 1. The first-order valence-corrected chi connectivity index (χ1v) is 8.80. The summed E-state index contributed by atoms with van der Waals surface area (Å²) in [6, 6.07) is 17.6. The van der Waals surface area contributed by atoms with E-state index >= 15 is 0 Å². The van der Waals surface area contributed by atoms with Crippen molar-refractivity contribution in [2.75, 3.05) is 18.4 Å². The first-order chi connectivity index (χ1) is 12.1. The Balaban J connectivity index is 1.75. The third-order valence-corrected chi connectivity index (χ3v) is 4.69. The predicted molar refractivity (Wildman–Crippen MR) is 99.6 cm³/mol. The zero-order valence-electron chi connectivity index (χ0n) is 14.7. The van der Waals surface area contributed by atoms with Crippen LogP contribution in [-0.4, -0.2) is 29.8 Å². The maximum atomic E-state index is 13.0. The Morgan fingerprint density at radius 1 is 1.04 bits per heavy atom. The van der Waals surface area contributed by atoms with Gasteiger partial charge >= 0.3 is 0 Å². The molecule has 0 aliphatic carbocycles. The molecular formula is C21H24N2O2. The van der Waals surface area contributed by atoms with E-state index < -0.39 is 0 Å². The number of hydrogen-bond donors (Lipinski definition) is 1. The second kappa shape index (κ2) is 7.51. The number of carbonyl (C=O) groups is 2. The van der Waals surface area contributed by atoms with Crippen molar-refractivity contribution in [3.63, 3.8) is 0 Å². The zero-order valence-corrected chi connectivity index (χ0v) is 14.7. The number of nitrogens with zero attached hydrogens (tertiary/aromatic N) is 1. The topological polar surface area (TPSA) is 49.4 Å². The molecule has 0 spiro atoms. The van der Waals surface area contributed by atoms with Gasteiger partial charge in [0, 0.05) is 24.9 Å². The standard InChI is InChI=1S/C21H24N2O2/c1-15(2)20(24)22-19-11-7-6-10-18(19)21(25)23-13-12-17(14-23)16-8-4-3-5-9-16/h3-11,15,17H,12-14H2,1-2H3,(H,22,24). The molecule has 25 heavy (non-hydrogen) atoms. The van der Waals surface area contributed by atoms with Gasteiger partial charge in [-0.25, -0.2) is 0 Å². The fraction of sp³-hybridized carbons (Fsp3) is 0.333. The van der Waals surface area contributed by atoms with Gasteiger partial charge in [-0.05, 0) is 24.1 Å². The van der Waals surface area contributed by atoms with E-state index in [0.717, 1.165) is 19.5 Å². The van der Waals surface area contributed by atoms with Gasteiger partial charge in [0.2, 0.25) is 5.91 Å². The Hall–Kier alpha value is -2.62. The molecule has 4 heteroatoms. The van der Waals surface area contributed by atoms with Gasteiger partial charge in [-0.2, -0.15) is 0 Å². The molecule has 1 aliphatic rings. The molecule has 4 nitrogen and oxygen atoms in total. The number of amides is 2. The highest BCUT2D eigenvalue weighted by Gasteiger charge is 2.29. The largest absolute Gasteiger partial charge is 0.338 e. The zero-order chi connectivity index (χ0) is 17.8. The molecule has 1 N–H and O–H groups in total. The summed E-state index contributed by atoms with van der Waals surface area (Å²) < 4.78 is 0. The molecule has 1 heterocycles. The van der Waals surface area contributed by atoms with Crippen molar-refractivity contribution in [1.82, 2.24) is 4.90 Å². The summed E-state index contributed by atoms with van der Waals surface area (Å²) in [6.45, 7) is 5.13. The van der Waals surface area contributed by atoms with Crippen molar-refractivity contribution in [2.45, 2.75) is 26.2 Å². The molecule has 0 aromatic heterocycles. The van der Waals surface area contributed by atoms with Crippen molar-refractivity contribution >= 4 is 17.5 Å². The van der Waals surface area contributed by atoms with E-state index in [0.29, 0.717) is 17.2 Å². The van der Waals surface area contributed by atoms with Crippen molar-refractivity contribution in [1.29, 1.82) is 0 Å². The summed E-state index contributed by atoms with van der Waals surface area (Å²) >= 11 is 0. The van der Waals surface area contributed by atoms with E-state index in [9.17, 15) is 9.59 Å². The molecule has 0 saturated carbocycles. The molecule has 130 valence electrons. The Labute approximate surface area is 148 Å². The van der Waals surface area contributed by atoms with Crippen LogP contribution in [0.5, 0.6) is 0 Å². The van der Waals surface area contributed by atoms with Crippen LogP contribution in [0.4, 0.5) is 5.69 Å². The minimum atomic E-state index is -0.127. The average Bonchev–Trinajstić information content (AvgIpc) is 3.12. The van der Waals surface area contributed by atoms with Crippen molar-refractivity contribution in [2.24, 2.45) is 5.92 Å². The number of benzene rings is 2. The van der Waals surface area contributed by atoms with Crippen molar-refractivity contribution < 1.29 is 9.59 Å². The summed E-state index contributed by atoms with van der Waals surface area (Å²) in [5.41, 5.74) is 2.43. The van der Waals surface area contributed by atoms with E-state index in [1.165, 1.54) is 5.56 Å². The van der Waals surface area contributed by atoms with Crippen LogP contribution < -0.4 is 5.32 Å². The number of rotatable bonds is 4. The summed E-state index contributed by atoms with van der Waals surface area (Å²) in [4.78, 5) is 26.9. The monoisotopic (exact) mass is 336 g/mol. The summed E-state index contributed by atoms with van der Waals surface area (Å²) in [6.07, 6.45) is 0.969. The summed E-state index contributed by atoms with van der Waals surface area (Å²) in [5, 5.41) is 2.87. The number of para-hydroxylation sites is 1. The van der Waals surface area contributed by atoms with Gasteiger partial charge < -0.3 is 10.2 Å². The molecule has 2 aromatic rings. The van der Waals surface area contributed by atoms with E-state index in [4.69, 9.17) is 0 Å². The van der Waals surface area contributed by atoms with Gasteiger partial charge in [0.05, 0.1) is 11.3 Å². The molecular weight excluding hydrogens is 312 g/mol. The fourth-order valence-corrected chi connectivity index (χ4v) is 3.17. The molecule has 1 unspecified atom stereocenters. The number of likely N-dealkylation sites (tertiary alicyclic amines) is 1. The van der Waals surface area contributed by atoms with E-state index in [2.05, 4.69) is 17.4 Å².